The van der Waals surface area contributed by atoms with Crippen LogP contribution in [0.25, 0.3) is 0 Å². The van der Waals surface area contributed by atoms with Crippen molar-refractivity contribution in [2.24, 2.45) is 0 Å². The summed E-state index contributed by atoms with van der Waals surface area (Å²) in [6.07, 6.45) is 1.74. The number of hydrogen-bond donors (Lipinski definition) is 1. The summed E-state index contributed by atoms with van der Waals surface area (Å²) < 4.78 is 2.00. The van der Waals surface area contributed by atoms with Crippen LogP contribution in [0.1, 0.15) is 50.0 Å². The number of benzene rings is 1. The van der Waals surface area contributed by atoms with Gasteiger partial charge in [0.1, 0.15) is 0 Å². The van der Waals surface area contributed by atoms with Gasteiger partial charge in [0, 0.05) is 12.0 Å². The molecule has 2 atom stereocenters. The van der Waals surface area contributed by atoms with Gasteiger partial charge in [0.2, 0.25) is 0 Å². The SMILES string of the molecule is CNC(c1c(Cl)cnn1C(C)C)C(C)c1ccccc1. The highest BCUT2D eigenvalue weighted by Crippen LogP contribution is 2.35. The van der Waals surface area contributed by atoms with Gasteiger partial charge in [0.25, 0.3) is 0 Å². The maximum Gasteiger partial charge on any atom is 0.0834 e. The number of nitrogens with zero attached hydrogens (tertiary/aromatic N) is 2. The van der Waals surface area contributed by atoms with Crippen molar-refractivity contribution in [3.63, 3.8) is 0 Å². The van der Waals surface area contributed by atoms with Crippen molar-refractivity contribution in [1.82, 2.24) is 15.1 Å². The first-order chi connectivity index (χ1) is 9.56. The summed E-state index contributed by atoms with van der Waals surface area (Å²) in [5.41, 5.74) is 2.35. The summed E-state index contributed by atoms with van der Waals surface area (Å²) in [4.78, 5) is 0. The second-order valence-electron chi connectivity index (χ2n) is 5.38. The van der Waals surface area contributed by atoms with Gasteiger partial charge in [-0.25, -0.2) is 0 Å². The van der Waals surface area contributed by atoms with Crippen LogP contribution in [0, 0.1) is 0 Å². The Hall–Kier alpha value is -1.32. The van der Waals surface area contributed by atoms with Gasteiger partial charge in [-0.05, 0) is 26.5 Å². The second-order valence-corrected chi connectivity index (χ2v) is 5.79. The molecule has 4 heteroatoms. The molecule has 0 bridgehead atoms. The van der Waals surface area contributed by atoms with E-state index in [0.717, 1.165) is 10.7 Å². The molecule has 1 aromatic heterocycles. The number of hydrogen-bond acceptors (Lipinski definition) is 2. The van der Waals surface area contributed by atoms with E-state index >= 15 is 0 Å². The zero-order chi connectivity index (χ0) is 14.7. The maximum absolute atomic E-state index is 6.37. The van der Waals surface area contributed by atoms with Gasteiger partial charge in [0.05, 0.1) is 23.0 Å². The molecule has 0 amide bonds. The molecule has 0 saturated heterocycles. The van der Waals surface area contributed by atoms with Crippen molar-refractivity contribution < 1.29 is 0 Å². The minimum absolute atomic E-state index is 0.134. The van der Waals surface area contributed by atoms with Crippen LogP contribution < -0.4 is 5.32 Å². The highest BCUT2D eigenvalue weighted by Gasteiger charge is 2.26. The first-order valence-electron chi connectivity index (χ1n) is 7.01. The number of rotatable bonds is 5. The van der Waals surface area contributed by atoms with Crippen LogP contribution in [-0.2, 0) is 0 Å². The van der Waals surface area contributed by atoms with Gasteiger partial charge >= 0.3 is 0 Å². The highest BCUT2D eigenvalue weighted by atomic mass is 35.5. The van der Waals surface area contributed by atoms with Gasteiger partial charge in [-0.15, -0.1) is 0 Å². The zero-order valence-electron chi connectivity index (χ0n) is 12.5. The smallest absolute Gasteiger partial charge is 0.0834 e. The lowest BCUT2D eigenvalue weighted by Gasteiger charge is -2.26. The van der Waals surface area contributed by atoms with Gasteiger partial charge < -0.3 is 5.32 Å². The molecule has 0 saturated carbocycles. The molecule has 3 nitrogen and oxygen atoms in total. The summed E-state index contributed by atoms with van der Waals surface area (Å²) >= 11 is 6.37. The molecule has 1 N–H and O–H groups in total. The fraction of sp³-hybridized carbons (Fsp3) is 0.438. The van der Waals surface area contributed by atoms with Gasteiger partial charge in [-0.3, -0.25) is 4.68 Å². The van der Waals surface area contributed by atoms with E-state index in [0.29, 0.717) is 5.92 Å². The highest BCUT2D eigenvalue weighted by molar-refractivity contribution is 6.31. The van der Waals surface area contributed by atoms with Crippen LogP contribution in [0.3, 0.4) is 0 Å². The lowest BCUT2D eigenvalue weighted by atomic mass is 9.91. The predicted molar refractivity (Wildman–Crippen MR) is 84.3 cm³/mol. The monoisotopic (exact) mass is 291 g/mol. The van der Waals surface area contributed by atoms with Crippen molar-refractivity contribution >= 4 is 11.6 Å². The van der Waals surface area contributed by atoms with E-state index in [4.69, 9.17) is 11.6 Å². The Morgan fingerprint density at radius 3 is 2.35 bits per heavy atom. The van der Waals surface area contributed by atoms with Crippen molar-refractivity contribution in [1.29, 1.82) is 0 Å². The maximum atomic E-state index is 6.37. The van der Waals surface area contributed by atoms with E-state index in [9.17, 15) is 0 Å². The van der Waals surface area contributed by atoms with E-state index in [2.05, 4.69) is 55.5 Å². The molecule has 2 unspecified atom stereocenters. The van der Waals surface area contributed by atoms with Crippen molar-refractivity contribution in [2.45, 2.75) is 38.8 Å². The summed E-state index contributed by atoms with van der Waals surface area (Å²) in [6.45, 7) is 6.45. The molecule has 0 aliphatic carbocycles. The molecule has 1 heterocycles. The zero-order valence-corrected chi connectivity index (χ0v) is 13.2. The average molecular weight is 292 g/mol. The Balaban J connectivity index is 2.40. The van der Waals surface area contributed by atoms with Crippen LogP contribution in [0.4, 0.5) is 0 Å². The van der Waals surface area contributed by atoms with Crippen LogP contribution >= 0.6 is 11.6 Å². The summed E-state index contributed by atoms with van der Waals surface area (Å²) in [7, 11) is 1.97. The molecule has 0 radical (unpaired) electrons. The first kappa shape index (κ1) is 15.1. The van der Waals surface area contributed by atoms with E-state index in [1.165, 1.54) is 5.56 Å². The van der Waals surface area contributed by atoms with E-state index < -0.39 is 0 Å². The summed E-state index contributed by atoms with van der Waals surface area (Å²) in [6, 6.07) is 10.9. The minimum atomic E-state index is 0.134. The molecular weight excluding hydrogens is 270 g/mol. The predicted octanol–water partition coefficient (Wildman–Crippen LogP) is 4.18. The Labute approximate surface area is 126 Å². The van der Waals surface area contributed by atoms with Crippen LogP contribution in [0.2, 0.25) is 5.02 Å². The van der Waals surface area contributed by atoms with Crippen molar-refractivity contribution in [3.8, 4) is 0 Å². The van der Waals surface area contributed by atoms with Gasteiger partial charge in [0.15, 0.2) is 0 Å². The van der Waals surface area contributed by atoms with Crippen molar-refractivity contribution in [2.75, 3.05) is 7.05 Å². The summed E-state index contributed by atoms with van der Waals surface area (Å²) in [5, 5.41) is 8.52. The Bertz CT molecular complexity index is 548. The lowest BCUT2D eigenvalue weighted by molar-refractivity contribution is 0.428. The van der Waals surface area contributed by atoms with Crippen LogP contribution in [0.15, 0.2) is 36.5 Å². The molecule has 2 aromatic rings. The molecule has 2 rings (SSSR count). The molecule has 0 spiro atoms. The molecule has 108 valence electrons. The van der Waals surface area contributed by atoms with Gasteiger partial charge in [-0.1, -0.05) is 48.9 Å². The minimum Gasteiger partial charge on any atom is -0.311 e. The lowest BCUT2D eigenvalue weighted by Crippen LogP contribution is -2.26. The fourth-order valence-corrected chi connectivity index (χ4v) is 2.87. The number of likely N-dealkylation sites (N-methyl/N-ethyl adjacent to an activating group) is 1. The third-order valence-electron chi connectivity index (χ3n) is 3.71. The van der Waals surface area contributed by atoms with E-state index in [-0.39, 0.29) is 12.1 Å². The molecule has 1 aromatic carbocycles. The Kier molecular flexibility index (Phi) is 4.84. The number of aromatic nitrogens is 2. The summed E-state index contributed by atoms with van der Waals surface area (Å²) in [5.74, 6) is 0.313. The standard InChI is InChI=1S/C16H22ClN3/c1-11(2)20-16(14(17)10-19-20)15(18-4)12(3)13-8-6-5-7-9-13/h5-12,15,18H,1-4H3. The number of halogens is 1. The second kappa shape index (κ2) is 6.42. The van der Waals surface area contributed by atoms with Crippen LogP contribution in [-0.4, -0.2) is 16.8 Å². The molecule has 0 aliphatic rings. The quantitative estimate of drug-likeness (QED) is 0.895. The first-order valence-corrected chi connectivity index (χ1v) is 7.39. The fourth-order valence-electron chi connectivity index (χ4n) is 2.63. The molecule has 20 heavy (non-hydrogen) atoms. The third-order valence-corrected chi connectivity index (χ3v) is 4.00. The largest absolute Gasteiger partial charge is 0.311 e. The van der Waals surface area contributed by atoms with E-state index in [1.807, 2.05) is 17.8 Å². The molecule has 0 fully saturated rings. The average Bonchev–Trinajstić information content (AvgIpc) is 2.83. The molecule has 0 aliphatic heterocycles. The third kappa shape index (κ3) is 2.89. The van der Waals surface area contributed by atoms with Gasteiger partial charge in [-0.2, -0.15) is 5.10 Å². The Morgan fingerprint density at radius 2 is 1.80 bits per heavy atom. The Morgan fingerprint density at radius 1 is 1.15 bits per heavy atom. The normalized spacial score (nSPS) is 14.5. The van der Waals surface area contributed by atoms with E-state index in [1.54, 1.807) is 6.20 Å². The molecular formula is C16H22ClN3. The van der Waals surface area contributed by atoms with Crippen LogP contribution in [0.5, 0.6) is 0 Å². The topological polar surface area (TPSA) is 29.9 Å². The van der Waals surface area contributed by atoms with Crippen molar-refractivity contribution in [3.05, 3.63) is 52.8 Å². The number of nitrogens with one attached hydrogen (secondary N) is 1.